The monoisotopic (exact) mass is 378 g/mol. The first-order valence-corrected chi connectivity index (χ1v) is 10.4. The molecule has 4 rings (SSSR count). The maximum atomic E-state index is 4.58. The van der Waals surface area contributed by atoms with Crippen molar-refractivity contribution in [1.82, 2.24) is 14.9 Å². The summed E-state index contributed by atoms with van der Waals surface area (Å²) in [5, 5.41) is 3.25. The molecule has 1 aliphatic heterocycles. The lowest BCUT2D eigenvalue weighted by Crippen LogP contribution is -2.43. The highest BCUT2D eigenvalue weighted by Gasteiger charge is 2.22. The molecule has 0 atom stereocenters. The van der Waals surface area contributed by atoms with Crippen LogP contribution in [0.15, 0.2) is 54.2 Å². The second kappa shape index (κ2) is 8.19. The number of thiazole rings is 1. The predicted octanol–water partition coefficient (Wildman–Crippen LogP) is 4.61. The number of hydrogen-bond acceptors (Lipinski definition) is 5. The molecule has 4 nitrogen and oxygen atoms in total. The van der Waals surface area contributed by atoms with Gasteiger partial charge in [0.2, 0.25) is 0 Å². The van der Waals surface area contributed by atoms with Crippen LogP contribution in [0, 0.1) is 6.92 Å². The first-order valence-electron chi connectivity index (χ1n) is 9.56. The van der Waals surface area contributed by atoms with Gasteiger partial charge in [-0.15, -0.1) is 11.3 Å². The van der Waals surface area contributed by atoms with Gasteiger partial charge >= 0.3 is 0 Å². The van der Waals surface area contributed by atoms with Crippen molar-refractivity contribution in [3.8, 4) is 11.3 Å². The van der Waals surface area contributed by atoms with Crippen molar-refractivity contribution in [3.63, 3.8) is 0 Å². The number of nitrogens with zero attached hydrogens (tertiary/aromatic N) is 4. The van der Waals surface area contributed by atoms with Crippen LogP contribution in [-0.2, 0) is 6.54 Å². The van der Waals surface area contributed by atoms with Gasteiger partial charge in [-0.1, -0.05) is 18.2 Å². The SMILES string of the molecule is Cc1nc(-c2ccc(N3CCC(N(C)Cc4cccnc4)CC3)cc2)cs1. The lowest BCUT2D eigenvalue weighted by Gasteiger charge is -2.38. The van der Waals surface area contributed by atoms with Crippen molar-refractivity contribution < 1.29 is 0 Å². The highest BCUT2D eigenvalue weighted by atomic mass is 32.1. The summed E-state index contributed by atoms with van der Waals surface area (Å²) in [4.78, 5) is 13.8. The summed E-state index contributed by atoms with van der Waals surface area (Å²) >= 11 is 1.70. The smallest absolute Gasteiger partial charge is 0.0901 e. The van der Waals surface area contributed by atoms with Crippen molar-refractivity contribution in [3.05, 3.63) is 64.7 Å². The molecule has 0 amide bonds. The van der Waals surface area contributed by atoms with Crippen molar-refractivity contribution in [2.75, 3.05) is 25.0 Å². The maximum Gasteiger partial charge on any atom is 0.0901 e. The Labute approximate surface area is 165 Å². The topological polar surface area (TPSA) is 32.3 Å². The van der Waals surface area contributed by atoms with E-state index in [1.54, 1.807) is 11.3 Å². The molecule has 3 aromatic rings. The van der Waals surface area contributed by atoms with E-state index in [0.717, 1.165) is 30.3 Å². The minimum Gasteiger partial charge on any atom is -0.371 e. The van der Waals surface area contributed by atoms with Crippen LogP contribution >= 0.6 is 11.3 Å². The van der Waals surface area contributed by atoms with Crippen molar-refractivity contribution >= 4 is 17.0 Å². The zero-order valence-electron chi connectivity index (χ0n) is 16.0. The molecule has 0 spiro atoms. The van der Waals surface area contributed by atoms with Crippen molar-refractivity contribution in [2.45, 2.75) is 32.4 Å². The zero-order chi connectivity index (χ0) is 18.6. The molecule has 27 heavy (non-hydrogen) atoms. The molecule has 5 heteroatoms. The minimum absolute atomic E-state index is 0.638. The Kier molecular flexibility index (Phi) is 5.50. The van der Waals surface area contributed by atoms with Crippen LogP contribution in [0.4, 0.5) is 5.69 Å². The Balaban J connectivity index is 1.33. The number of pyridine rings is 1. The number of aryl methyl sites for hydroxylation is 1. The predicted molar refractivity (Wildman–Crippen MR) is 113 cm³/mol. The van der Waals surface area contributed by atoms with Gasteiger partial charge in [0.05, 0.1) is 10.7 Å². The first kappa shape index (κ1) is 18.1. The fourth-order valence-corrected chi connectivity index (χ4v) is 4.43. The van der Waals surface area contributed by atoms with Gasteiger partial charge in [0.15, 0.2) is 0 Å². The molecule has 2 aromatic heterocycles. The molecule has 0 unspecified atom stereocenters. The molecule has 1 aliphatic rings. The Hall–Kier alpha value is -2.24. The number of hydrogen-bond donors (Lipinski definition) is 0. The minimum atomic E-state index is 0.638. The molecule has 0 radical (unpaired) electrons. The number of benzene rings is 1. The molecule has 3 heterocycles. The molecular weight excluding hydrogens is 352 g/mol. The molecule has 0 aliphatic carbocycles. The van der Waals surface area contributed by atoms with Crippen LogP contribution in [0.5, 0.6) is 0 Å². The average molecular weight is 379 g/mol. The van der Waals surface area contributed by atoms with Crippen LogP contribution in [0.2, 0.25) is 0 Å². The lowest BCUT2D eigenvalue weighted by atomic mass is 10.0. The van der Waals surface area contributed by atoms with Crippen LogP contribution in [-0.4, -0.2) is 41.0 Å². The van der Waals surface area contributed by atoms with Gasteiger partial charge in [-0.25, -0.2) is 4.98 Å². The molecule has 1 fully saturated rings. The molecule has 1 aromatic carbocycles. The van der Waals surface area contributed by atoms with E-state index in [4.69, 9.17) is 0 Å². The van der Waals surface area contributed by atoms with E-state index in [2.05, 4.69) is 69.5 Å². The van der Waals surface area contributed by atoms with E-state index in [9.17, 15) is 0 Å². The van der Waals surface area contributed by atoms with Gasteiger partial charge in [0.25, 0.3) is 0 Å². The summed E-state index contributed by atoms with van der Waals surface area (Å²) in [6, 6.07) is 13.7. The van der Waals surface area contributed by atoms with Crippen LogP contribution in [0.3, 0.4) is 0 Å². The Morgan fingerprint density at radius 2 is 1.93 bits per heavy atom. The lowest BCUT2D eigenvalue weighted by molar-refractivity contribution is 0.200. The largest absolute Gasteiger partial charge is 0.371 e. The molecule has 140 valence electrons. The van der Waals surface area contributed by atoms with E-state index < -0.39 is 0 Å². The summed E-state index contributed by atoms with van der Waals surface area (Å²) in [5.74, 6) is 0. The standard InChI is InChI=1S/C22H26N4S/c1-17-24-22(16-27-17)19-5-7-21(8-6-19)26-12-9-20(10-13-26)25(2)15-18-4-3-11-23-14-18/h3-8,11,14,16,20H,9-10,12-13,15H2,1-2H3. The third kappa shape index (κ3) is 4.37. The van der Waals surface area contributed by atoms with Crippen LogP contribution in [0.1, 0.15) is 23.4 Å². The van der Waals surface area contributed by atoms with Gasteiger partial charge in [-0.3, -0.25) is 9.88 Å². The number of anilines is 1. The van der Waals surface area contributed by atoms with Crippen LogP contribution in [0.25, 0.3) is 11.3 Å². The Bertz CT molecular complexity index is 852. The van der Waals surface area contributed by atoms with Crippen molar-refractivity contribution in [1.29, 1.82) is 0 Å². The van der Waals surface area contributed by atoms with Crippen molar-refractivity contribution in [2.24, 2.45) is 0 Å². The van der Waals surface area contributed by atoms with Gasteiger partial charge in [-0.2, -0.15) is 0 Å². The first-order chi connectivity index (χ1) is 13.2. The Morgan fingerprint density at radius 3 is 2.56 bits per heavy atom. The third-order valence-electron chi connectivity index (χ3n) is 5.39. The normalized spacial score (nSPS) is 15.4. The summed E-state index contributed by atoms with van der Waals surface area (Å²) in [5.41, 5.74) is 4.89. The summed E-state index contributed by atoms with van der Waals surface area (Å²) in [6.07, 6.45) is 6.20. The quantitative estimate of drug-likeness (QED) is 0.649. The third-order valence-corrected chi connectivity index (χ3v) is 6.16. The molecule has 0 N–H and O–H groups in total. The molecule has 0 bridgehead atoms. The van der Waals surface area contributed by atoms with E-state index in [1.807, 2.05) is 18.5 Å². The molecular formula is C22H26N4S. The summed E-state index contributed by atoms with van der Waals surface area (Å²) in [6.45, 7) is 5.24. The second-order valence-electron chi connectivity index (χ2n) is 7.29. The number of rotatable bonds is 5. The second-order valence-corrected chi connectivity index (χ2v) is 8.36. The summed E-state index contributed by atoms with van der Waals surface area (Å²) in [7, 11) is 2.23. The van der Waals surface area contributed by atoms with E-state index in [-0.39, 0.29) is 0 Å². The Morgan fingerprint density at radius 1 is 1.15 bits per heavy atom. The number of piperidine rings is 1. The van der Waals surface area contributed by atoms with E-state index >= 15 is 0 Å². The zero-order valence-corrected chi connectivity index (χ0v) is 16.8. The highest BCUT2D eigenvalue weighted by molar-refractivity contribution is 7.09. The average Bonchev–Trinajstić information content (AvgIpc) is 3.15. The highest BCUT2D eigenvalue weighted by Crippen LogP contribution is 2.27. The number of aromatic nitrogens is 2. The van der Waals surface area contributed by atoms with Crippen LogP contribution < -0.4 is 4.90 Å². The van der Waals surface area contributed by atoms with Gasteiger partial charge < -0.3 is 4.90 Å². The maximum absolute atomic E-state index is 4.58. The molecule has 1 saturated heterocycles. The fraction of sp³-hybridized carbons (Fsp3) is 0.364. The van der Waals surface area contributed by atoms with E-state index in [0.29, 0.717) is 6.04 Å². The fourth-order valence-electron chi connectivity index (χ4n) is 3.81. The summed E-state index contributed by atoms with van der Waals surface area (Å²) < 4.78 is 0. The molecule has 0 saturated carbocycles. The van der Waals surface area contributed by atoms with Gasteiger partial charge in [-0.05, 0) is 50.6 Å². The van der Waals surface area contributed by atoms with Gasteiger partial charge in [0, 0.05) is 54.7 Å². The van der Waals surface area contributed by atoms with E-state index in [1.165, 1.54) is 29.7 Å². The van der Waals surface area contributed by atoms with Gasteiger partial charge in [0.1, 0.15) is 0 Å².